The molecule has 1 aromatic heterocycles. The molecule has 4 aromatic carbocycles. The Hall–Kier alpha value is -4.11. The van der Waals surface area contributed by atoms with E-state index in [1.54, 1.807) is 0 Å². The summed E-state index contributed by atoms with van der Waals surface area (Å²) in [6.45, 7) is 11.7. The third-order valence-electron chi connectivity index (χ3n) is 5.10. The summed E-state index contributed by atoms with van der Waals surface area (Å²) in [6.07, 6.45) is 0. The van der Waals surface area contributed by atoms with Crippen molar-refractivity contribution in [3.05, 3.63) is 114 Å². The molecule has 34 heavy (non-hydrogen) atoms. The lowest BCUT2D eigenvalue weighted by Crippen LogP contribution is -1.89. The van der Waals surface area contributed by atoms with E-state index in [2.05, 4.69) is 80.0 Å². The first kappa shape index (κ1) is 24.5. The summed E-state index contributed by atoms with van der Waals surface area (Å²) in [6, 6.07) is 30.8. The zero-order valence-corrected chi connectivity index (χ0v) is 20.5. The highest BCUT2D eigenvalue weighted by atomic mass is 14.7. The van der Waals surface area contributed by atoms with Gasteiger partial charge in [0.1, 0.15) is 0 Å². The molecule has 0 aliphatic rings. The van der Waals surface area contributed by atoms with Crippen molar-refractivity contribution < 1.29 is 0 Å². The average molecular weight is 448 g/mol. The molecule has 0 aliphatic carbocycles. The van der Waals surface area contributed by atoms with Crippen LogP contribution >= 0.6 is 0 Å². The first-order valence-corrected chi connectivity index (χ1v) is 11.3. The molecule has 1 heterocycles. The summed E-state index contributed by atoms with van der Waals surface area (Å²) in [5.41, 5.74) is 21.1. The summed E-state index contributed by atoms with van der Waals surface area (Å²) in [5.74, 6) is 0. The normalized spacial score (nSPS) is 10.1. The molecule has 4 N–H and O–H groups in total. The second-order valence-electron chi connectivity index (χ2n) is 8.83. The van der Waals surface area contributed by atoms with Crippen LogP contribution in [0, 0.1) is 13.8 Å². The van der Waals surface area contributed by atoms with Gasteiger partial charge in [0.2, 0.25) is 0 Å². The van der Waals surface area contributed by atoms with Crippen LogP contribution in [-0.4, -0.2) is 4.98 Å². The van der Waals surface area contributed by atoms with E-state index in [0.29, 0.717) is 0 Å². The van der Waals surface area contributed by atoms with Gasteiger partial charge in [0.05, 0.1) is 11.0 Å². The second kappa shape index (κ2) is 11.2. The first-order chi connectivity index (χ1) is 16.2. The lowest BCUT2D eigenvalue weighted by atomic mass is 10.0. The molecule has 0 atom stereocenters. The molecular formula is C31H33N3. The molecular weight excluding hydrogens is 414 g/mol. The van der Waals surface area contributed by atoms with E-state index in [-0.39, 0.29) is 0 Å². The van der Waals surface area contributed by atoms with Crippen molar-refractivity contribution in [2.45, 2.75) is 27.7 Å². The van der Waals surface area contributed by atoms with Gasteiger partial charge in [0, 0.05) is 22.1 Å². The smallest absolute Gasteiger partial charge is 0.0730 e. The third-order valence-corrected chi connectivity index (χ3v) is 5.10. The van der Waals surface area contributed by atoms with Crippen molar-refractivity contribution in [3.8, 4) is 11.1 Å². The molecule has 0 saturated carbocycles. The number of nitrogens with zero attached hydrogens (tertiary/aromatic N) is 1. The van der Waals surface area contributed by atoms with Crippen LogP contribution in [0.4, 0.5) is 11.4 Å². The fourth-order valence-electron chi connectivity index (χ4n) is 3.35. The molecule has 172 valence electrons. The van der Waals surface area contributed by atoms with Gasteiger partial charge in [0.25, 0.3) is 0 Å². The van der Waals surface area contributed by atoms with Gasteiger partial charge in [-0.15, -0.1) is 6.58 Å². The number of rotatable bonds is 1. The molecule has 0 fully saturated rings. The fourth-order valence-corrected chi connectivity index (χ4v) is 3.35. The molecule has 5 rings (SSSR count). The highest BCUT2D eigenvalue weighted by Gasteiger charge is 2.00. The SMILES string of the molecule is C=C(C)C.Cc1ccc(-c2ccc(C)cc2)cc1.Nc1ccc2cc3ccc(N)cc3nc2c1. The van der Waals surface area contributed by atoms with Gasteiger partial charge in [0.15, 0.2) is 0 Å². The zero-order chi connectivity index (χ0) is 24.7. The van der Waals surface area contributed by atoms with Crippen LogP contribution in [0.5, 0.6) is 0 Å². The van der Waals surface area contributed by atoms with E-state index in [1.165, 1.54) is 27.8 Å². The van der Waals surface area contributed by atoms with E-state index < -0.39 is 0 Å². The number of pyridine rings is 1. The van der Waals surface area contributed by atoms with Gasteiger partial charge in [-0.2, -0.15) is 0 Å². The Morgan fingerprint density at radius 3 is 1.29 bits per heavy atom. The summed E-state index contributed by atoms with van der Waals surface area (Å²) < 4.78 is 0. The lowest BCUT2D eigenvalue weighted by Gasteiger charge is -2.03. The number of aryl methyl sites for hydroxylation is 2. The van der Waals surface area contributed by atoms with Crippen LogP contribution in [0.15, 0.2) is 103 Å². The molecule has 0 unspecified atom stereocenters. The first-order valence-electron chi connectivity index (χ1n) is 11.3. The molecule has 0 saturated heterocycles. The maximum atomic E-state index is 5.73. The van der Waals surface area contributed by atoms with Crippen LogP contribution < -0.4 is 11.5 Å². The summed E-state index contributed by atoms with van der Waals surface area (Å²) in [4.78, 5) is 4.54. The number of hydrogen-bond acceptors (Lipinski definition) is 3. The fraction of sp³-hybridized carbons (Fsp3) is 0.129. The maximum Gasteiger partial charge on any atom is 0.0730 e. The largest absolute Gasteiger partial charge is 0.399 e. The van der Waals surface area contributed by atoms with E-state index in [1.807, 2.05) is 50.2 Å². The van der Waals surface area contributed by atoms with Crippen LogP contribution in [0.1, 0.15) is 25.0 Å². The Bertz CT molecular complexity index is 1290. The van der Waals surface area contributed by atoms with Crippen molar-refractivity contribution in [1.82, 2.24) is 4.98 Å². The number of benzene rings is 4. The van der Waals surface area contributed by atoms with Crippen LogP contribution in [-0.2, 0) is 0 Å². The number of aromatic nitrogens is 1. The molecule has 3 heteroatoms. The van der Waals surface area contributed by atoms with E-state index >= 15 is 0 Å². The Labute approximate surface area is 202 Å². The number of nitrogens with two attached hydrogens (primary N) is 2. The van der Waals surface area contributed by atoms with E-state index in [0.717, 1.165) is 33.2 Å². The molecule has 0 radical (unpaired) electrons. The minimum atomic E-state index is 0.725. The number of anilines is 2. The predicted molar refractivity (Wildman–Crippen MR) is 150 cm³/mol. The van der Waals surface area contributed by atoms with Crippen molar-refractivity contribution >= 4 is 33.2 Å². The summed E-state index contributed by atoms with van der Waals surface area (Å²) in [7, 11) is 0. The number of hydrogen-bond donors (Lipinski definition) is 2. The van der Waals surface area contributed by atoms with Crippen LogP contribution in [0.2, 0.25) is 0 Å². The van der Waals surface area contributed by atoms with Crippen LogP contribution in [0.3, 0.4) is 0 Å². The Kier molecular flexibility index (Phi) is 8.05. The maximum absolute atomic E-state index is 5.73. The zero-order valence-electron chi connectivity index (χ0n) is 20.5. The summed E-state index contributed by atoms with van der Waals surface area (Å²) in [5, 5.41) is 2.18. The Balaban J connectivity index is 0.000000166. The highest BCUT2D eigenvalue weighted by molar-refractivity contribution is 5.94. The standard InChI is InChI=1S/C14H14.C13H11N3.C4H8/c1-11-3-7-13(8-4-11)14-9-5-12(2)6-10-14;14-10-3-1-8-5-9-2-4-11(15)7-13(9)16-12(8)6-10;1-4(2)3/h3-10H,1-2H3;1-7H,14-15H2;1H2,2-3H3. The minimum Gasteiger partial charge on any atom is -0.399 e. The van der Waals surface area contributed by atoms with Gasteiger partial charge in [-0.3, -0.25) is 0 Å². The van der Waals surface area contributed by atoms with Gasteiger partial charge in [-0.25, -0.2) is 4.98 Å². The van der Waals surface area contributed by atoms with Gasteiger partial charge < -0.3 is 11.5 Å². The molecule has 3 nitrogen and oxygen atoms in total. The van der Waals surface area contributed by atoms with Crippen molar-refractivity contribution in [2.75, 3.05) is 11.5 Å². The molecule has 0 bridgehead atoms. The van der Waals surface area contributed by atoms with Gasteiger partial charge in [-0.1, -0.05) is 77.4 Å². The molecule has 5 aromatic rings. The van der Waals surface area contributed by atoms with Gasteiger partial charge >= 0.3 is 0 Å². The Morgan fingerprint density at radius 1 is 0.588 bits per heavy atom. The van der Waals surface area contributed by atoms with E-state index in [4.69, 9.17) is 11.5 Å². The Morgan fingerprint density at radius 2 is 0.941 bits per heavy atom. The van der Waals surface area contributed by atoms with E-state index in [9.17, 15) is 0 Å². The molecule has 0 spiro atoms. The number of fused-ring (bicyclic) bond motifs is 2. The summed E-state index contributed by atoms with van der Waals surface area (Å²) >= 11 is 0. The highest BCUT2D eigenvalue weighted by Crippen LogP contribution is 2.23. The number of allylic oxidation sites excluding steroid dienone is 1. The average Bonchev–Trinajstić information content (AvgIpc) is 2.79. The quantitative estimate of drug-likeness (QED) is 0.155. The van der Waals surface area contributed by atoms with Crippen molar-refractivity contribution in [2.24, 2.45) is 0 Å². The second-order valence-corrected chi connectivity index (χ2v) is 8.83. The molecule has 0 amide bonds. The van der Waals surface area contributed by atoms with Crippen molar-refractivity contribution in [3.63, 3.8) is 0 Å². The van der Waals surface area contributed by atoms with Crippen molar-refractivity contribution in [1.29, 1.82) is 0 Å². The lowest BCUT2D eigenvalue weighted by molar-refractivity contribution is 1.42. The van der Waals surface area contributed by atoms with Gasteiger partial charge in [-0.05, 0) is 69.2 Å². The predicted octanol–water partition coefficient (Wildman–Crippen LogP) is 8.11. The topological polar surface area (TPSA) is 64.9 Å². The monoisotopic (exact) mass is 447 g/mol. The number of nitrogen functional groups attached to an aromatic ring is 2. The third kappa shape index (κ3) is 6.94. The molecule has 0 aliphatic heterocycles. The van der Waals surface area contributed by atoms with Crippen LogP contribution in [0.25, 0.3) is 32.9 Å². The minimum absolute atomic E-state index is 0.725.